The highest BCUT2D eigenvalue weighted by Crippen LogP contribution is 2.37. The highest BCUT2D eigenvalue weighted by atomic mass is 79.9. The van der Waals surface area contributed by atoms with E-state index in [1.165, 1.54) is 24.3 Å². The van der Waals surface area contributed by atoms with Gasteiger partial charge in [-0.15, -0.1) is 0 Å². The second-order valence-corrected chi connectivity index (χ2v) is 5.13. The first-order valence-corrected chi connectivity index (χ1v) is 6.60. The van der Waals surface area contributed by atoms with E-state index < -0.39 is 22.2 Å². The van der Waals surface area contributed by atoms with Crippen molar-refractivity contribution < 1.29 is 20.2 Å². The predicted molar refractivity (Wildman–Crippen MR) is 79.6 cm³/mol. The Bertz CT molecular complexity index is 705. The molecule has 0 aromatic heterocycles. The van der Waals surface area contributed by atoms with Gasteiger partial charge in [0, 0.05) is 22.6 Å². The molecule has 7 nitrogen and oxygen atoms in total. The Morgan fingerprint density at radius 3 is 2.52 bits per heavy atom. The first kappa shape index (κ1) is 14.9. The summed E-state index contributed by atoms with van der Waals surface area (Å²) in [5.41, 5.74) is 0.449. The molecule has 110 valence electrons. The summed E-state index contributed by atoms with van der Waals surface area (Å²) >= 11 is 3.16. The number of benzene rings is 2. The molecule has 0 unspecified atom stereocenters. The first-order chi connectivity index (χ1) is 9.90. The van der Waals surface area contributed by atoms with Crippen molar-refractivity contribution in [3.63, 3.8) is 0 Å². The van der Waals surface area contributed by atoms with Crippen molar-refractivity contribution in [1.29, 1.82) is 0 Å². The number of halogens is 1. The smallest absolute Gasteiger partial charge is 0.293 e. The Balaban J connectivity index is 2.25. The van der Waals surface area contributed by atoms with Crippen LogP contribution in [0.1, 0.15) is 5.56 Å². The fourth-order valence-corrected chi connectivity index (χ4v) is 2.10. The van der Waals surface area contributed by atoms with Crippen molar-refractivity contribution >= 4 is 27.3 Å². The van der Waals surface area contributed by atoms with Crippen LogP contribution in [0.4, 0.5) is 11.4 Å². The molecule has 0 fully saturated rings. The van der Waals surface area contributed by atoms with Gasteiger partial charge in [0.15, 0.2) is 11.5 Å². The fourth-order valence-electron chi connectivity index (χ4n) is 1.75. The zero-order valence-corrected chi connectivity index (χ0v) is 12.2. The molecule has 0 spiro atoms. The Kier molecular flexibility index (Phi) is 4.18. The number of aromatic hydroxyl groups is 3. The van der Waals surface area contributed by atoms with Gasteiger partial charge in [-0.1, -0.05) is 15.9 Å². The van der Waals surface area contributed by atoms with E-state index in [2.05, 4.69) is 21.2 Å². The van der Waals surface area contributed by atoms with Crippen LogP contribution in [-0.4, -0.2) is 20.2 Å². The van der Waals surface area contributed by atoms with Crippen molar-refractivity contribution in [3.05, 3.63) is 50.5 Å². The number of nitro benzene ring substituents is 1. The van der Waals surface area contributed by atoms with Crippen molar-refractivity contribution in [2.75, 3.05) is 5.32 Å². The maximum absolute atomic E-state index is 11.0. The van der Waals surface area contributed by atoms with Gasteiger partial charge in [-0.25, -0.2) is 0 Å². The second-order valence-electron chi connectivity index (χ2n) is 4.21. The van der Waals surface area contributed by atoms with E-state index in [1.54, 1.807) is 6.07 Å². The zero-order chi connectivity index (χ0) is 15.6. The van der Waals surface area contributed by atoms with E-state index in [-0.39, 0.29) is 17.9 Å². The summed E-state index contributed by atoms with van der Waals surface area (Å²) in [5, 5.41) is 42.1. The molecular formula is C13H11BrN2O5. The molecule has 0 radical (unpaired) electrons. The van der Waals surface area contributed by atoms with Crippen LogP contribution >= 0.6 is 15.9 Å². The molecule has 0 aliphatic carbocycles. The Morgan fingerprint density at radius 1 is 1.14 bits per heavy atom. The first-order valence-electron chi connectivity index (χ1n) is 5.80. The van der Waals surface area contributed by atoms with Crippen molar-refractivity contribution in [1.82, 2.24) is 0 Å². The third kappa shape index (κ3) is 3.16. The predicted octanol–water partition coefficient (Wildman–Crippen LogP) is 3.09. The van der Waals surface area contributed by atoms with Crippen molar-refractivity contribution in [3.8, 4) is 17.2 Å². The van der Waals surface area contributed by atoms with Gasteiger partial charge >= 0.3 is 0 Å². The van der Waals surface area contributed by atoms with Gasteiger partial charge in [0.1, 0.15) is 5.69 Å². The third-order valence-corrected chi connectivity index (χ3v) is 3.33. The number of nitro groups is 1. The molecule has 2 rings (SSSR count). The molecule has 0 aliphatic rings. The van der Waals surface area contributed by atoms with Crippen LogP contribution in [0.25, 0.3) is 0 Å². The van der Waals surface area contributed by atoms with E-state index in [0.29, 0.717) is 10.0 Å². The van der Waals surface area contributed by atoms with Gasteiger partial charge in [-0.2, -0.15) is 0 Å². The molecule has 8 heteroatoms. The van der Waals surface area contributed by atoms with Crippen molar-refractivity contribution in [2.24, 2.45) is 0 Å². The monoisotopic (exact) mass is 354 g/mol. The molecule has 0 heterocycles. The molecule has 2 aromatic rings. The molecule has 0 atom stereocenters. The van der Waals surface area contributed by atoms with Crippen LogP contribution in [-0.2, 0) is 6.54 Å². The van der Waals surface area contributed by atoms with Crippen LogP contribution in [0, 0.1) is 10.1 Å². The quantitative estimate of drug-likeness (QED) is 0.381. The number of nitrogens with one attached hydrogen (secondary N) is 1. The summed E-state index contributed by atoms with van der Waals surface area (Å²) in [6.07, 6.45) is 0. The normalized spacial score (nSPS) is 10.3. The van der Waals surface area contributed by atoms with Gasteiger partial charge in [-0.3, -0.25) is 10.1 Å². The lowest BCUT2D eigenvalue weighted by Crippen LogP contribution is -2.03. The molecule has 0 saturated heterocycles. The standard InChI is InChI=1S/C13H11BrN2O5/c14-8-2-3-9(10(5-8)16(20)21)15-6-7-1-4-11(17)13(19)12(7)18/h1-5,15,17-19H,6H2. The largest absolute Gasteiger partial charge is 0.504 e. The summed E-state index contributed by atoms with van der Waals surface area (Å²) in [5.74, 6) is -1.53. The molecule has 0 amide bonds. The summed E-state index contributed by atoms with van der Waals surface area (Å²) in [4.78, 5) is 10.4. The van der Waals surface area contributed by atoms with Gasteiger partial charge in [0.05, 0.1) is 4.92 Å². The van der Waals surface area contributed by atoms with Gasteiger partial charge in [-0.05, 0) is 24.3 Å². The SMILES string of the molecule is O=[N+]([O-])c1cc(Br)ccc1NCc1ccc(O)c(O)c1O. The molecule has 0 aliphatic heterocycles. The maximum Gasteiger partial charge on any atom is 0.293 e. The zero-order valence-electron chi connectivity index (χ0n) is 10.6. The number of nitrogens with zero attached hydrogens (tertiary/aromatic N) is 1. The molecular weight excluding hydrogens is 344 g/mol. The van der Waals surface area contributed by atoms with Gasteiger partial charge in [0.2, 0.25) is 5.75 Å². The Labute approximate surface area is 127 Å². The topological polar surface area (TPSA) is 116 Å². The van der Waals surface area contributed by atoms with E-state index in [4.69, 9.17) is 0 Å². The number of rotatable bonds is 4. The van der Waals surface area contributed by atoms with E-state index in [1.807, 2.05) is 0 Å². The lowest BCUT2D eigenvalue weighted by molar-refractivity contribution is -0.384. The number of phenols is 3. The highest BCUT2D eigenvalue weighted by molar-refractivity contribution is 9.10. The Morgan fingerprint density at radius 2 is 1.86 bits per heavy atom. The summed E-state index contributed by atoms with van der Waals surface area (Å²) < 4.78 is 0.574. The minimum atomic E-state index is -0.625. The lowest BCUT2D eigenvalue weighted by atomic mass is 10.1. The molecule has 21 heavy (non-hydrogen) atoms. The number of hydrogen-bond donors (Lipinski definition) is 4. The average Bonchev–Trinajstić information content (AvgIpc) is 2.45. The molecule has 0 saturated carbocycles. The van der Waals surface area contributed by atoms with Crippen molar-refractivity contribution in [2.45, 2.75) is 6.54 Å². The van der Waals surface area contributed by atoms with E-state index in [0.717, 1.165) is 0 Å². The third-order valence-electron chi connectivity index (χ3n) is 2.84. The van der Waals surface area contributed by atoms with Crippen LogP contribution in [0.2, 0.25) is 0 Å². The van der Waals surface area contributed by atoms with E-state index >= 15 is 0 Å². The van der Waals surface area contributed by atoms with Crippen LogP contribution in [0.3, 0.4) is 0 Å². The van der Waals surface area contributed by atoms with Gasteiger partial charge < -0.3 is 20.6 Å². The maximum atomic E-state index is 11.0. The number of phenolic OH excluding ortho intramolecular Hbond substituents is 3. The summed E-state index contributed by atoms with van der Waals surface area (Å²) in [6.45, 7) is 0.0438. The van der Waals surface area contributed by atoms with Crippen LogP contribution in [0.15, 0.2) is 34.8 Å². The minimum Gasteiger partial charge on any atom is -0.504 e. The van der Waals surface area contributed by atoms with Crippen LogP contribution in [0.5, 0.6) is 17.2 Å². The Hall–Kier alpha value is -2.48. The second kappa shape index (κ2) is 5.88. The van der Waals surface area contributed by atoms with E-state index in [9.17, 15) is 25.4 Å². The summed E-state index contributed by atoms with van der Waals surface area (Å²) in [6, 6.07) is 7.16. The summed E-state index contributed by atoms with van der Waals surface area (Å²) in [7, 11) is 0. The molecule has 4 N–H and O–H groups in total. The number of anilines is 1. The molecule has 0 bridgehead atoms. The average molecular weight is 355 g/mol. The highest BCUT2D eigenvalue weighted by Gasteiger charge is 2.15. The molecule has 2 aromatic carbocycles. The fraction of sp³-hybridized carbons (Fsp3) is 0.0769. The number of hydrogen-bond acceptors (Lipinski definition) is 6. The van der Waals surface area contributed by atoms with Crippen LogP contribution < -0.4 is 5.32 Å². The van der Waals surface area contributed by atoms with Gasteiger partial charge in [0.25, 0.3) is 5.69 Å². The minimum absolute atomic E-state index is 0.0438. The lowest BCUT2D eigenvalue weighted by Gasteiger charge is -2.10.